The fraction of sp³-hybridized carbons (Fsp3) is 0.208. The topological polar surface area (TPSA) is 131 Å². The average molecular weight is 568 g/mol. The molecule has 0 heterocycles. The first-order chi connectivity index (χ1) is 17.4. The third-order valence-corrected chi connectivity index (χ3v) is 8.13. The Balaban J connectivity index is 1.77. The Morgan fingerprint density at radius 3 is 2.08 bits per heavy atom. The molecule has 3 aromatic carbocycles. The first kappa shape index (κ1) is 28.1. The van der Waals surface area contributed by atoms with Crippen LogP contribution in [0.25, 0.3) is 0 Å². The Morgan fingerprint density at radius 1 is 0.919 bits per heavy atom. The molecule has 13 heteroatoms. The zero-order valence-electron chi connectivity index (χ0n) is 20.4. The lowest BCUT2D eigenvalue weighted by Gasteiger charge is -2.28. The van der Waals surface area contributed by atoms with Crippen molar-refractivity contribution in [3.8, 4) is 11.5 Å². The van der Waals surface area contributed by atoms with Gasteiger partial charge in [0.15, 0.2) is 0 Å². The third-order valence-electron chi connectivity index (χ3n) is 5.25. The van der Waals surface area contributed by atoms with E-state index in [1.807, 2.05) is 0 Å². The van der Waals surface area contributed by atoms with Crippen molar-refractivity contribution in [1.29, 1.82) is 0 Å². The molecular weight excluding hydrogens is 542 g/mol. The first-order valence-electron chi connectivity index (χ1n) is 10.8. The summed E-state index contributed by atoms with van der Waals surface area (Å²) in [6.45, 7) is 1.44. The highest BCUT2D eigenvalue weighted by Gasteiger charge is 2.29. The number of nitrogens with one attached hydrogen (secondary N) is 2. The summed E-state index contributed by atoms with van der Waals surface area (Å²) in [7, 11) is -4.90. The number of rotatable bonds is 10. The standard InChI is InChI=1S/C24H26ClN3O7S2/c1-16(28(36(4,30)31)19-9-5-17(25)6-10-19)24(29)26-18-7-12-21(13-8-18)37(32,33)27-22-14-11-20(34-2)15-23(22)35-3/h5-16,27H,1-4H3,(H,26,29)/t16-/m1/s1. The number of sulfonamides is 2. The van der Waals surface area contributed by atoms with Gasteiger partial charge in [-0.25, -0.2) is 16.8 Å². The minimum Gasteiger partial charge on any atom is -0.497 e. The molecule has 3 aromatic rings. The third kappa shape index (κ3) is 6.85. The number of methoxy groups -OCH3 is 2. The number of carbonyl (C=O) groups excluding carboxylic acids is 1. The Morgan fingerprint density at radius 2 is 1.54 bits per heavy atom. The average Bonchev–Trinajstić information content (AvgIpc) is 2.85. The number of benzene rings is 3. The van der Waals surface area contributed by atoms with Crippen molar-refractivity contribution in [2.24, 2.45) is 0 Å². The Bertz CT molecular complexity index is 1480. The van der Waals surface area contributed by atoms with Crippen LogP contribution < -0.4 is 23.8 Å². The maximum absolute atomic E-state index is 12.9. The molecule has 0 aromatic heterocycles. The molecule has 0 spiro atoms. The van der Waals surface area contributed by atoms with Crippen LogP contribution >= 0.6 is 11.6 Å². The summed E-state index contributed by atoms with van der Waals surface area (Å²) in [6, 6.07) is 15.0. The van der Waals surface area contributed by atoms with E-state index in [1.54, 1.807) is 12.1 Å². The predicted octanol–water partition coefficient (Wildman–Crippen LogP) is 3.95. The maximum Gasteiger partial charge on any atom is 0.262 e. The number of hydrogen-bond donors (Lipinski definition) is 2. The van der Waals surface area contributed by atoms with Gasteiger partial charge in [-0.15, -0.1) is 0 Å². The molecule has 2 N–H and O–H groups in total. The van der Waals surface area contributed by atoms with Gasteiger partial charge in [0, 0.05) is 16.8 Å². The van der Waals surface area contributed by atoms with Crippen LogP contribution in [0, 0.1) is 0 Å². The molecule has 37 heavy (non-hydrogen) atoms. The van der Waals surface area contributed by atoms with E-state index in [2.05, 4.69) is 10.0 Å². The van der Waals surface area contributed by atoms with E-state index in [9.17, 15) is 21.6 Å². The van der Waals surface area contributed by atoms with Crippen LogP contribution in [-0.2, 0) is 24.8 Å². The minimum atomic E-state index is -3.98. The molecule has 0 radical (unpaired) electrons. The number of anilines is 3. The lowest BCUT2D eigenvalue weighted by molar-refractivity contribution is -0.116. The van der Waals surface area contributed by atoms with E-state index in [0.717, 1.165) is 10.6 Å². The summed E-state index contributed by atoms with van der Waals surface area (Å²) < 4.78 is 64.4. The second kappa shape index (κ2) is 11.3. The van der Waals surface area contributed by atoms with Crippen molar-refractivity contribution in [3.05, 3.63) is 71.8 Å². The van der Waals surface area contributed by atoms with Gasteiger partial charge in [0.2, 0.25) is 15.9 Å². The first-order valence-corrected chi connectivity index (χ1v) is 14.5. The molecule has 0 aliphatic carbocycles. The van der Waals surface area contributed by atoms with E-state index in [1.165, 1.54) is 75.7 Å². The predicted molar refractivity (Wildman–Crippen MR) is 144 cm³/mol. The number of amides is 1. The normalized spacial score (nSPS) is 12.4. The monoisotopic (exact) mass is 567 g/mol. The summed E-state index contributed by atoms with van der Waals surface area (Å²) >= 11 is 5.89. The van der Waals surface area contributed by atoms with Crippen LogP contribution in [0.3, 0.4) is 0 Å². The molecule has 10 nitrogen and oxygen atoms in total. The summed E-state index contributed by atoms with van der Waals surface area (Å²) in [5, 5.41) is 3.04. The number of nitrogens with zero attached hydrogens (tertiary/aromatic N) is 1. The van der Waals surface area contributed by atoms with Gasteiger partial charge in [0.25, 0.3) is 10.0 Å². The van der Waals surface area contributed by atoms with Crippen LogP contribution in [0.5, 0.6) is 11.5 Å². The lowest BCUT2D eigenvalue weighted by atomic mass is 10.2. The van der Waals surface area contributed by atoms with E-state index in [4.69, 9.17) is 21.1 Å². The van der Waals surface area contributed by atoms with Gasteiger partial charge in [-0.3, -0.25) is 13.8 Å². The van der Waals surface area contributed by atoms with E-state index in [0.29, 0.717) is 10.8 Å². The Hall–Kier alpha value is -3.48. The zero-order chi connectivity index (χ0) is 27.4. The summed E-state index contributed by atoms with van der Waals surface area (Å²) in [5.41, 5.74) is 0.774. The fourth-order valence-electron chi connectivity index (χ4n) is 3.45. The highest BCUT2D eigenvalue weighted by Crippen LogP contribution is 2.31. The van der Waals surface area contributed by atoms with Crippen LogP contribution in [0.15, 0.2) is 71.6 Å². The van der Waals surface area contributed by atoms with Gasteiger partial charge in [-0.1, -0.05) is 11.6 Å². The molecule has 1 amide bonds. The molecule has 3 rings (SSSR count). The van der Waals surface area contributed by atoms with Crippen molar-refractivity contribution in [1.82, 2.24) is 0 Å². The molecule has 0 aliphatic heterocycles. The smallest absolute Gasteiger partial charge is 0.262 e. The molecule has 0 aliphatic rings. The van der Waals surface area contributed by atoms with Crippen molar-refractivity contribution in [2.45, 2.75) is 17.9 Å². The van der Waals surface area contributed by atoms with Crippen molar-refractivity contribution < 1.29 is 31.1 Å². The highest BCUT2D eigenvalue weighted by molar-refractivity contribution is 7.92. The van der Waals surface area contributed by atoms with E-state index < -0.39 is 32.0 Å². The summed E-state index contributed by atoms with van der Waals surface area (Å²) in [4.78, 5) is 12.8. The largest absolute Gasteiger partial charge is 0.497 e. The Labute approximate surface area is 221 Å². The number of carbonyl (C=O) groups is 1. The molecule has 198 valence electrons. The van der Waals surface area contributed by atoms with Crippen LogP contribution in [0.4, 0.5) is 17.1 Å². The minimum absolute atomic E-state index is 0.0599. The molecule has 0 saturated carbocycles. The summed E-state index contributed by atoms with van der Waals surface area (Å²) in [6.07, 6.45) is 0.996. The fourth-order valence-corrected chi connectivity index (χ4v) is 5.82. The molecule has 1 atom stereocenters. The molecule has 0 bridgehead atoms. The van der Waals surface area contributed by atoms with Gasteiger partial charge in [-0.2, -0.15) is 0 Å². The molecular formula is C24H26ClN3O7S2. The van der Waals surface area contributed by atoms with E-state index in [-0.39, 0.29) is 27.7 Å². The molecule has 0 unspecified atom stereocenters. The van der Waals surface area contributed by atoms with Crippen LogP contribution in [-0.4, -0.2) is 49.3 Å². The van der Waals surface area contributed by atoms with Gasteiger partial charge >= 0.3 is 0 Å². The van der Waals surface area contributed by atoms with Crippen molar-refractivity contribution in [2.75, 3.05) is 34.8 Å². The van der Waals surface area contributed by atoms with Gasteiger partial charge in [0.1, 0.15) is 17.5 Å². The zero-order valence-corrected chi connectivity index (χ0v) is 22.8. The number of hydrogen-bond acceptors (Lipinski definition) is 7. The van der Waals surface area contributed by atoms with Crippen molar-refractivity contribution >= 4 is 54.6 Å². The quantitative estimate of drug-likeness (QED) is 0.379. The van der Waals surface area contributed by atoms with E-state index >= 15 is 0 Å². The Kier molecular flexibility index (Phi) is 8.57. The SMILES string of the molecule is COc1ccc(NS(=O)(=O)c2ccc(NC(=O)[C@@H](C)N(c3ccc(Cl)cc3)S(C)(=O)=O)cc2)c(OC)c1. The molecule has 0 saturated heterocycles. The second-order valence-electron chi connectivity index (χ2n) is 7.90. The number of halogens is 1. The van der Waals surface area contributed by atoms with Gasteiger partial charge in [0.05, 0.1) is 36.7 Å². The lowest BCUT2D eigenvalue weighted by Crippen LogP contribution is -2.45. The van der Waals surface area contributed by atoms with Crippen LogP contribution in [0.1, 0.15) is 6.92 Å². The second-order valence-corrected chi connectivity index (χ2v) is 11.9. The van der Waals surface area contributed by atoms with Crippen LogP contribution in [0.2, 0.25) is 5.02 Å². The van der Waals surface area contributed by atoms with Gasteiger partial charge in [-0.05, 0) is 67.6 Å². The highest BCUT2D eigenvalue weighted by atomic mass is 35.5. The molecule has 0 fully saturated rings. The van der Waals surface area contributed by atoms with Gasteiger partial charge < -0.3 is 14.8 Å². The van der Waals surface area contributed by atoms with Crippen molar-refractivity contribution in [3.63, 3.8) is 0 Å². The number of ether oxygens (including phenoxy) is 2. The summed E-state index contributed by atoms with van der Waals surface area (Å²) in [5.74, 6) is 0.161. The maximum atomic E-state index is 12.9.